The average molecular weight is 389 g/mol. The molecule has 1 N–H and O–H groups in total. The van der Waals surface area contributed by atoms with E-state index in [0.29, 0.717) is 22.9 Å². The number of nitro groups is 1. The molecule has 27 heavy (non-hydrogen) atoms. The Labute approximate surface area is 159 Å². The van der Waals surface area contributed by atoms with E-state index < -0.39 is 4.92 Å². The Morgan fingerprint density at radius 1 is 1.33 bits per heavy atom. The van der Waals surface area contributed by atoms with Crippen molar-refractivity contribution in [3.63, 3.8) is 0 Å². The first-order chi connectivity index (χ1) is 12.9. The first-order valence-corrected chi connectivity index (χ1v) is 8.53. The van der Waals surface area contributed by atoms with Crippen molar-refractivity contribution in [2.45, 2.75) is 26.4 Å². The van der Waals surface area contributed by atoms with Gasteiger partial charge in [0.05, 0.1) is 29.2 Å². The molecule has 2 heterocycles. The highest BCUT2D eigenvalue weighted by molar-refractivity contribution is 6.30. The Morgan fingerprint density at radius 3 is 2.81 bits per heavy atom. The second kappa shape index (κ2) is 8.00. The van der Waals surface area contributed by atoms with Gasteiger partial charge in [0.1, 0.15) is 11.9 Å². The van der Waals surface area contributed by atoms with Gasteiger partial charge in [0.15, 0.2) is 0 Å². The lowest BCUT2D eigenvalue weighted by Gasteiger charge is -2.08. The van der Waals surface area contributed by atoms with Gasteiger partial charge in [-0.3, -0.25) is 24.3 Å². The largest absolute Gasteiger partial charge is 0.326 e. The minimum Gasteiger partial charge on any atom is -0.326 e. The molecule has 0 aliphatic carbocycles. The Balaban J connectivity index is 1.58. The minimum atomic E-state index is -0.489. The van der Waals surface area contributed by atoms with Crippen LogP contribution in [-0.4, -0.2) is 30.4 Å². The van der Waals surface area contributed by atoms with E-state index in [2.05, 4.69) is 15.5 Å². The average Bonchev–Trinajstić information content (AvgIpc) is 3.19. The van der Waals surface area contributed by atoms with Crippen molar-refractivity contribution in [3.8, 4) is 0 Å². The van der Waals surface area contributed by atoms with Gasteiger partial charge in [-0.2, -0.15) is 10.2 Å². The van der Waals surface area contributed by atoms with Crippen LogP contribution in [0.4, 0.5) is 11.4 Å². The molecular formula is C17H17ClN6O3. The molecule has 0 bridgehead atoms. The zero-order valence-electron chi connectivity index (χ0n) is 14.5. The number of nitrogens with zero attached hydrogens (tertiary/aromatic N) is 5. The van der Waals surface area contributed by atoms with E-state index in [1.807, 2.05) is 18.2 Å². The molecule has 0 radical (unpaired) electrons. The van der Waals surface area contributed by atoms with Crippen LogP contribution in [-0.2, 0) is 17.9 Å². The molecule has 0 aliphatic rings. The van der Waals surface area contributed by atoms with Gasteiger partial charge in [-0.05, 0) is 24.6 Å². The fourth-order valence-electron chi connectivity index (χ4n) is 2.63. The molecule has 0 saturated heterocycles. The molecule has 9 nitrogen and oxygen atoms in total. The summed E-state index contributed by atoms with van der Waals surface area (Å²) >= 11 is 5.86. The van der Waals surface area contributed by atoms with Crippen molar-refractivity contribution >= 4 is 28.9 Å². The lowest BCUT2D eigenvalue weighted by Crippen LogP contribution is -2.15. The van der Waals surface area contributed by atoms with Gasteiger partial charge >= 0.3 is 5.69 Å². The van der Waals surface area contributed by atoms with E-state index in [9.17, 15) is 14.9 Å². The molecule has 3 aromatic rings. The molecule has 10 heteroatoms. The number of nitrogens with one attached hydrogen (secondary N) is 1. The summed E-state index contributed by atoms with van der Waals surface area (Å²) in [5, 5.41) is 22.3. The summed E-state index contributed by atoms with van der Waals surface area (Å²) < 4.78 is 3.16. The van der Waals surface area contributed by atoms with Crippen LogP contribution in [0, 0.1) is 17.0 Å². The predicted molar refractivity (Wildman–Crippen MR) is 99.6 cm³/mol. The summed E-state index contributed by atoms with van der Waals surface area (Å²) in [7, 11) is 0. The van der Waals surface area contributed by atoms with E-state index in [1.54, 1.807) is 30.1 Å². The normalized spacial score (nSPS) is 10.7. The summed E-state index contributed by atoms with van der Waals surface area (Å²) in [5.41, 5.74) is 2.00. The maximum Gasteiger partial charge on any atom is 0.309 e. The van der Waals surface area contributed by atoms with E-state index in [-0.39, 0.29) is 24.6 Å². The summed E-state index contributed by atoms with van der Waals surface area (Å²) in [4.78, 5) is 22.5. The molecule has 140 valence electrons. The summed E-state index contributed by atoms with van der Waals surface area (Å²) in [6.45, 7) is 2.40. The highest BCUT2D eigenvalue weighted by Gasteiger charge is 2.16. The molecular weight excluding hydrogens is 372 g/mol. The maximum absolute atomic E-state index is 12.2. The number of anilines is 1. The van der Waals surface area contributed by atoms with Crippen molar-refractivity contribution in [2.75, 3.05) is 5.32 Å². The van der Waals surface area contributed by atoms with Crippen molar-refractivity contribution in [1.82, 2.24) is 19.6 Å². The minimum absolute atomic E-state index is 0.0539. The van der Waals surface area contributed by atoms with E-state index in [1.165, 1.54) is 10.9 Å². The smallest absolute Gasteiger partial charge is 0.309 e. The Morgan fingerprint density at radius 2 is 2.15 bits per heavy atom. The Kier molecular flexibility index (Phi) is 5.51. The zero-order chi connectivity index (χ0) is 19.4. The van der Waals surface area contributed by atoms with Crippen LogP contribution in [0.5, 0.6) is 0 Å². The van der Waals surface area contributed by atoms with Crippen LogP contribution < -0.4 is 5.32 Å². The molecule has 2 aromatic heterocycles. The molecule has 0 atom stereocenters. The number of carbonyl (C=O) groups excluding carboxylic acids is 1. The fraction of sp³-hybridized carbons (Fsp3) is 0.235. The lowest BCUT2D eigenvalue weighted by molar-refractivity contribution is -0.385. The zero-order valence-corrected chi connectivity index (χ0v) is 15.3. The second-order valence-electron chi connectivity index (χ2n) is 5.95. The number of rotatable bonds is 7. The summed E-state index contributed by atoms with van der Waals surface area (Å²) in [6.07, 6.45) is 4.63. The third-order valence-electron chi connectivity index (χ3n) is 3.98. The molecule has 1 aromatic carbocycles. The van der Waals surface area contributed by atoms with Gasteiger partial charge in [-0.25, -0.2) is 0 Å². The van der Waals surface area contributed by atoms with Crippen LogP contribution in [0.1, 0.15) is 17.7 Å². The molecule has 0 unspecified atom stereocenters. The van der Waals surface area contributed by atoms with Crippen LogP contribution in [0.3, 0.4) is 0 Å². The molecule has 0 saturated carbocycles. The summed E-state index contributed by atoms with van der Waals surface area (Å²) in [5.74, 6) is -0.202. The topological polar surface area (TPSA) is 108 Å². The van der Waals surface area contributed by atoms with Gasteiger partial charge in [-0.1, -0.05) is 23.7 Å². The standard InChI is InChI=1S/C17H17ClN6O3/c1-12-16(24(26)27)9-20-23(12)6-5-17(25)21-15-4-2-3-13(7-15)10-22-11-14(18)8-19-22/h2-4,7-9,11H,5-6,10H2,1H3,(H,21,25). The van der Waals surface area contributed by atoms with Gasteiger partial charge in [0.25, 0.3) is 0 Å². The first-order valence-electron chi connectivity index (χ1n) is 8.16. The highest BCUT2D eigenvalue weighted by atomic mass is 35.5. The lowest BCUT2D eigenvalue weighted by atomic mass is 10.2. The number of amides is 1. The number of hydrogen-bond acceptors (Lipinski definition) is 5. The number of halogens is 1. The SMILES string of the molecule is Cc1c([N+](=O)[O-])cnn1CCC(=O)Nc1cccc(Cn2cc(Cl)cn2)c1. The van der Waals surface area contributed by atoms with Crippen molar-refractivity contribution in [3.05, 3.63) is 69.3 Å². The Hall–Kier alpha value is -3.20. The number of aryl methyl sites for hydroxylation is 1. The van der Waals surface area contributed by atoms with E-state index >= 15 is 0 Å². The van der Waals surface area contributed by atoms with Crippen molar-refractivity contribution < 1.29 is 9.72 Å². The highest BCUT2D eigenvalue weighted by Crippen LogP contribution is 2.17. The monoisotopic (exact) mass is 388 g/mol. The Bertz CT molecular complexity index is 981. The third-order valence-corrected chi connectivity index (χ3v) is 4.18. The molecule has 0 fully saturated rings. The van der Waals surface area contributed by atoms with E-state index in [4.69, 9.17) is 11.6 Å². The second-order valence-corrected chi connectivity index (χ2v) is 6.39. The van der Waals surface area contributed by atoms with Gasteiger partial charge in [0.2, 0.25) is 5.91 Å². The van der Waals surface area contributed by atoms with Crippen LogP contribution in [0.15, 0.2) is 42.9 Å². The van der Waals surface area contributed by atoms with Crippen molar-refractivity contribution in [1.29, 1.82) is 0 Å². The quantitative estimate of drug-likeness (QED) is 0.494. The number of carbonyl (C=O) groups is 1. The number of benzene rings is 1. The molecule has 3 rings (SSSR count). The number of hydrogen-bond donors (Lipinski definition) is 1. The predicted octanol–water partition coefficient (Wildman–Crippen LogP) is 3.03. The molecule has 1 amide bonds. The van der Waals surface area contributed by atoms with Crippen LogP contribution >= 0.6 is 11.6 Å². The maximum atomic E-state index is 12.2. The molecule has 0 spiro atoms. The summed E-state index contributed by atoms with van der Waals surface area (Å²) in [6, 6.07) is 7.42. The van der Waals surface area contributed by atoms with Gasteiger partial charge < -0.3 is 5.32 Å². The molecule has 0 aliphatic heterocycles. The van der Waals surface area contributed by atoms with Crippen LogP contribution in [0.2, 0.25) is 5.02 Å². The number of aromatic nitrogens is 4. The first kappa shape index (κ1) is 18.6. The van der Waals surface area contributed by atoms with Crippen LogP contribution in [0.25, 0.3) is 0 Å². The van der Waals surface area contributed by atoms with Crippen molar-refractivity contribution in [2.24, 2.45) is 0 Å². The fourth-order valence-corrected chi connectivity index (χ4v) is 2.79. The van der Waals surface area contributed by atoms with E-state index in [0.717, 1.165) is 5.56 Å². The van der Waals surface area contributed by atoms with Gasteiger partial charge in [0, 0.05) is 18.3 Å². The third kappa shape index (κ3) is 4.70. The van der Waals surface area contributed by atoms with Gasteiger partial charge in [-0.15, -0.1) is 0 Å².